The Kier molecular flexibility index (Phi) is 8.92. The zero-order valence-corrected chi connectivity index (χ0v) is 25.8. The molecule has 2 unspecified atom stereocenters. The van der Waals surface area contributed by atoms with Gasteiger partial charge in [-0.25, -0.2) is 24.3 Å². The summed E-state index contributed by atoms with van der Waals surface area (Å²) in [4.78, 5) is 57.2. The Bertz CT molecular complexity index is 1830. The molecule has 10 atom stereocenters. The van der Waals surface area contributed by atoms with Crippen molar-refractivity contribution in [1.29, 1.82) is 0 Å². The standard InChI is InChI=1S/C22H27FN10O9P2S/c23-11-15(10(3-38-43)41-21(11)33-7-29-13-18(33)30-22(25)31-19(13)36)42-44(37,45)39-4-9-14(35)8(1-2-34)20(40-9)32-6-28-12-16(24)26-5-27-17(12)32/h2,5-11,14-15,20-21,35H,1,3-4,43H2,(H,37,45)(H2,24,26,27)(H3,25,30,31,36)/t8-,9-,10-,11-,14+,15-,20-,21-,44?/m1/s1. The molecule has 0 saturated carbocycles. The summed E-state index contributed by atoms with van der Waals surface area (Å²) in [5, 5.41) is 11.0. The fourth-order valence-electron chi connectivity index (χ4n) is 5.39. The Balaban J connectivity index is 1.18. The van der Waals surface area contributed by atoms with E-state index >= 15 is 4.39 Å². The van der Waals surface area contributed by atoms with Crippen LogP contribution >= 0.6 is 16.2 Å². The van der Waals surface area contributed by atoms with Gasteiger partial charge in [0.2, 0.25) is 5.95 Å². The Hall–Kier alpha value is -3.10. The number of nitrogens with zero attached hydrogens (tertiary/aromatic N) is 7. The highest BCUT2D eigenvalue weighted by Gasteiger charge is 2.50. The van der Waals surface area contributed by atoms with Gasteiger partial charge in [-0.2, -0.15) is 4.98 Å². The summed E-state index contributed by atoms with van der Waals surface area (Å²) in [5.74, 6) is -0.843. The second-order valence-corrected chi connectivity index (χ2v) is 13.3. The van der Waals surface area contributed by atoms with Gasteiger partial charge in [-0.3, -0.25) is 23.4 Å². The van der Waals surface area contributed by atoms with E-state index in [0.717, 1.165) is 6.33 Å². The Morgan fingerprint density at radius 3 is 2.56 bits per heavy atom. The van der Waals surface area contributed by atoms with Gasteiger partial charge in [0.25, 0.3) is 5.56 Å². The van der Waals surface area contributed by atoms with Crippen molar-refractivity contribution in [2.75, 3.05) is 24.7 Å². The van der Waals surface area contributed by atoms with E-state index in [1.807, 2.05) is 9.47 Å². The quantitative estimate of drug-likeness (QED) is 0.0958. The number of aromatic nitrogens is 8. The number of nitrogens with two attached hydrogens (primary N) is 2. The molecule has 242 valence electrons. The van der Waals surface area contributed by atoms with E-state index in [1.54, 1.807) is 0 Å². The molecule has 6 rings (SSSR count). The molecule has 0 radical (unpaired) electrons. The van der Waals surface area contributed by atoms with Crippen LogP contribution in [0, 0.1) is 5.92 Å². The molecule has 0 spiro atoms. The number of halogens is 1. The number of carbonyl (C=O) groups excluding carboxylic acids is 1. The van der Waals surface area contributed by atoms with Crippen LogP contribution in [0.2, 0.25) is 0 Å². The van der Waals surface area contributed by atoms with Crippen LogP contribution < -0.4 is 17.0 Å². The molecule has 23 heteroatoms. The largest absolute Gasteiger partial charge is 0.390 e. The maximum Gasteiger partial charge on any atom is 0.325 e. The number of anilines is 2. The van der Waals surface area contributed by atoms with Crippen molar-refractivity contribution in [2.24, 2.45) is 5.92 Å². The highest BCUT2D eigenvalue weighted by molar-refractivity contribution is 8.07. The fraction of sp³-hybridized carbons (Fsp3) is 0.500. The molecule has 7 N–H and O–H groups in total. The van der Waals surface area contributed by atoms with Gasteiger partial charge < -0.3 is 44.8 Å². The Morgan fingerprint density at radius 1 is 1.11 bits per heavy atom. The third-order valence-corrected chi connectivity index (χ3v) is 9.19. The average molecular weight is 689 g/mol. The molecule has 0 bridgehead atoms. The molecule has 2 aliphatic heterocycles. The van der Waals surface area contributed by atoms with Crippen molar-refractivity contribution in [1.82, 2.24) is 39.0 Å². The van der Waals surface area contributed by atoms with Crippen LogP contribution in [-0.2, 0) is 39.6 Å². The zero-order valence-electron chi connectivity index (χ0n) is 22.9. The number of alkyl halides is 1. The predicted octanol–water partition coefficient (Wildman–Crippen LogP) is -0.752. The van der Waals surface area contributed by atoms with Gasteiger partial charge in [0, 0.05) is 21.8 Å². The number of nitrogens with one attached hydrogen (secondary N) is 1. The smallest absolute Gasteiger partial charge is 0.325 e. The molecule has 19 nitrogen and oxygen atoms in total. The molecular weight excluding hydrogens is 661 g/mol. The number of carbonyl (C=O) groups is 1. The average Bonchev–Trinajstić information content (AvgIpc) is 3.75. The third kappa shape index (κ3) is 5.96. The van der Waals surface area contributed by atoms with Crippen molar-refractivity contribution in [3.05, 3.63) is 29.3 Å². The van der Waals surface area contributed by atoms with Gasteiger partial charge in [0.05, 0.1) is 32.0 Å². The summed E-state index contributed by atoms with van der Waals surface area (Å²) in [5.41, 5.74) is 11.4. The van der Waals surface area contributed by atoms with Gasteiger partial charge in [-0.1, -0.05) is 0 Å². The first-order chi connectivity index (χ1) is 21.5. The molecule has 2 fully saturated rings. The number of ether oxygens (including phenoxy) is 2. The van der Waals surface area contributed by atoms with E-state index in [2.05, 4.69) is 29.9 Å². The van der Waals surface area contributed by atoms with Crippen LogP contribution in [-0.4, -0.2) is 99.1 Å². The van der Waals surface area contributed by atoms with Crippen LogP contribution in [0.5, 0.6) is 0 Å². The molecule has 45 heavy (non-hydrogen) atoms. The predicted molar refractivity (Wildman–Crippen MR) is 158 cm³/mol. The summed E-state index contributed by atoms with van der Waals surface area (Å²) in [7, 11) is 2.00. The maximum absolute atomic E-state index is 15.9. The second-order valence-electron chi connectivity index (χ2n) is 10.2. The molecular formula is C22H27FN10O9P2S. The van der Waals surface area contributed by atoms with Gasteiger partial charge >= 0.3 is 6.72 Å². The second kappa shape index (κ2) is 12.6. The van der Waals surface area contributed by atoms with Crippen LogP contribution in [0.3, 0.4) is 0 Å². The van der Waals surface area contributed by atoms with E-state index in [0.29, 0.717) is 17.5 Å². The first-order valence-corrected chi connectivity index (χ1v) is 16.3. The molecule has 0 aliphatic carbocycles. The molecule has 6 heterocycles. The molecule has 0 aromatic carbocycles. The molecule has 4 aromatic heterocycles. The summed E-state index contributed by atoms with van der Waals surface area (Å²) in [6, 6.07) is 0. The number of aldehydes is 1. The van der Waals surface area contributed by atoms with E-state index < -0.39 is 67.8 Å². The first kappa shape index (κ1) is 31.9. The van der Waals surface area contributed by atoms with Crippen molar-refractivity contribution in [3.8, 4) is 0 Å². The summed E-state index contributed by atoms with van der Waals surface area (Å²) in [6.45, 7) is -4.91. The van der Waals surface area contributed by atoms with Gasteiger partial charge in [0.15, 0.2) is 35.0 Å². The number of imidazole rings is 2. The van der Waals surface area contributed by atoms with Crippen LogP contribution in [0.15, 0.2) is 23.8 Å². The number of hydrogen-bond donors (Lipinski definition) is 5. The Morgan fingerprint density at radius 2 is 1.82 bits per heavy atom. The lowest BCUT2D eigenvalue weighted by molar-refractivity contribution is -0.110. The number of aliphatic hydroxyl groups is 1. The number of fused-ring (bicyclic) bond motifs is 2. The number of H-pyrrole nitrogens is 1. The molecule has 2 aliphatic rings. The van der Waals surface area contributed by atoms with Crippen LogP contribution in [0.25, 0.3) is 22.3 Å². The van der Waals surface area contributed by atoms with Crippen LogP contribution in [0.4, 0.5) is 16.2 Å². The van der Waals surface area contributed by atoms with Crippen molar-refractivity contribution < 1.29 is 42.2 Å². The monoisotopic (exact) mass is 688 g/mol. The van der Waals surface area contributed by atoms with E-state index in [-0.39, 0.29) is 36.0 Å². The molecule has 0 amide bonds. The normalized spacial score (nSPS) is 29.9. The van der Waals surface area contributed by atoms with E-state index in [9.17, 15) is 19.6 Å². The lowest BCUT2D eigenvalue weighted by Crippen LogP contribution is -2.34. The third-order valence-electron chi connectivity index (χ3n) is 7.44. The summed E-state index contributed by atoms with van der Waals surface area (Å²) < 4.78 is 46.6. The van der Waals surface area contributed by atoms with Crippen molar-refractivity contribution >= 4 is 68.4 Å². The summed E-state index contributed by atoms with van der Waals surface area (Å²) >= 11 is 5.18. The van der Waals surface area contributed by atoms with E-state index in [1.165, 1.54) is 21.8 Å². The number of nitrogen functional groups attached to an aromatic ring is 2. The Labute approximate surface area is 258 Å². The van der Waals surface area contributed by atoms with E-state index in [4.69, 9.17) is 46.3 Å². The van der Waals surface area contributed by atoms with Gasteiger partial charge in [-0.05, 0) is 11.8 Å². The highest BCUT2D eigenvalue weighted by Crippen LogP contribution is 2.51. The van der Waals surface area contributed by atoms with Gasteiger partial charge in [-0.15, -0.1) is 0 Å². The summed E-state index contributed by atoms with van der Waals surface area (Å²) in [6.07, 6.45) is -4.95. The van der Waals surface area contributed by atoms with Crippen molar-refractivity contribution in [3.63, 3.8) is 0 Å². The highest BCUT2D eigenvalue weighted by atomic mass is 32.5. The maximum atomic E-state index is 15.9. The number of hydrogen-bond acceptors (Lipinski definition) is 16. The lowest BCUT2D eigenvalue weighted by atomic mass is 9.97. The SMILES string of the molecule is Nc1nc2c(ncn2[C@@H]2O[C@H](COP)[C@@H](OP(O)(=S)OC[C@H]3O[C@@H](n4cnc5c(N)ncnc54)[C@H](CC=O)[C@@H]3O)[C@H]2F)c(=O)[nH]1. The molecule has 4 aromatic rings. The number of aromatic amines is 1. The number of aliphatic hydroxyl groups excluding tert-OH is 1. The zero-order chi connectivity index (χ0) is 32.0. The topological polar surface area (TPSA) is 263 Å². The minimum Gasteiger partial charge on any atom is -0.390 e. The fourth-order valence-corrected chi connectivity index (χ4v) is 7.02. The first-order valence-electron chi connectivity index (χ1n) is 13.2. The molecule has 2 saturated heterocycles. The number of rotatable bonds is 11. The van der Waals surface area contributed by atoms with Gasteiger partial charge in [0.1, 0.15) is 42.7 Å². The van der Waals surface area contributed by atoms with Crippen molar-refractivity contribution in [2.45, 2.75) is 49.5 Å². The minimum absolute atomic E-state index is 0.0404. The lowest BCUT2D eigenvalue weighted by Gasteiger charge is -2.25. The minimum atomic E-state index is -4.23. The van der Waals surface area contributed by atoms with Crippen LogP contribution in [0.1, 0.15) is 18.9 Å².